The van der Waals surface area contributed by atoms with Crippen LogP contribution in [0, 0.1) is 10.1 Å². The van der Waals surface area contributed by atoms with E-state index in [2.05, 4.69) is 10.2 Å². The Morgan fingerprint density at radius 2 is 2.00 bits per heavy atom. The summed E-state index contributed by atoms with van der Waals surface area (Å²) in [6.45, 7) is 3.64. The molecular weight excluding hydrogens is 349 g/mol. The summed E-state index contributed by atoms with van der Waals surface area (Å²) in [5.74, 6) is 0.442. The minimum Gasteiger partial charge on any atom is -0.404 e. The molecule has 0 amide bonds. The Morgan fingerprint density at radius 3 is 2.55 bits per heavy atom. The lowest BCUT2D eigenvalue weighted by atomic mass is 10.1. The molecule has 1 fully saturated rings. The molecule has 0 saturated carbocycles. The zero-order valence-electron chi connectivity index (χ0n) is 11.6. The maximum Gasteiger partial charge on any atom is 0.433 e. The van der Waals surface area contributed by atoms with Crippen molar-refractivity contribution in [3.63, 3.8) is 0 Å². The Bertz CT molecular complexity index is 585. The number of hydrogen-bond acceptors (Lipinski definition) is 6. The average molecular weight is 366 g/mol. The van der Waals surface area contributed by atoms with Crippen molar-refractivity contribution in [1.82, 2.24) is 10.2 Å². The lowest BCUT2D eigenvalue weighted by Gasteiger charge is -2.33. The summed E-state index contributed by atoms with van der Waals surface area (Å²) in [5.41, 5.74) is 0. The van der Waals surface area contributed by atoms with Crippen LogP contribution in [-0.4, -0.2) is 36.0 Å². The molecule has 0 bridgehead atoms. The first-order valence-corrected chi connectivity index (χ1v) is 7.36. The van der Waals surface area contributed by atoms with Crippen LogP contribution in [0.3, 0.4) is 0 Å². The second-order valence-corrected chi connectivity index (χ2v) is 5.62. The van der Waals surface area contributed by atoms with Gasteiger partial charge in [0.25, 0.3) is 0 Å². The predicted molar refractivity (Wildman–Crippen MR) is 90.5 cm³/mol. The fourth-order valence-corrected chi connectivity index (χ4v) is 3.34. The summed E-state index contributed by atoms with van der Waals surface area (Å²) < 4.78 is 5.43. The molecular formula is C13H17Cl2N3O3S. The van der Waals surface area contributed by atoms with Crippen molar-refractivity contribution in [2.24, 2.45) is 0 Å². The van der Waals surface area contributed by atoms with E-state index in [1.807, 2.05) is 17.5 Å². The normalized spacial score (nSPS) is 16.4. The van der Waals surface area contributed by atoms with Gasteiger partial charge in [0, 0.05) is 31.1 Å². The number of piperazine rings is 1. The van der Waals surface area contributed by atoms with Crippen LogP contribution in [0.5, 0.6) is 0 Å². The molecule has 9 heteroatoms. The van der Waals surface area contributed by atoms with Crippen molar-refractivity contribution in [3.8, 4) is 0 Å². The molecule has 0 aromatic carbocycles. The van der Waals surface area contributed by atoms with Gasteiger partial charge in [-0.3, -0.25) is 15.0 Å². The zero-order valence-corrected chi connectivity index (χ0v) is 14.1. The molecule has 1 N–H and O–H groups in total. The van der Waals surface area contributed by atoms with E-state index < -0.39 is 4.92 Å². The number of rotatable bonds is 4. The van der Waals surface area contributed by atoms with Gasteiger partial charge >= 0.3 is 5.88 Å². The third kappa shape index (κ3) is 3.99. The van der Waals surface area contributed by atoms with Crippen molar-refractivity contribution in [1.29, 1.82) is 0 Å². The molecule has 1 aliphatic rings. The van der Waals surface area contributed by atoms with Crippen molar-refractivity contribution in [2.45, 2.75) is 6.04 Å². The van der Waals surface area contributed by atoms with Crippen LogP contribution in [0.2, 0.25) is 0 Å². The highest BCUT2D eigenvalue weighted by Gasteiger charge is 2.28. The molecule has 0 radical (unpaired) electrons. The lowest BCUT2D eigenvalue weighted by Crippen LogP contribution is -2.45. The Labute approximate surface area is 144 Å². The quantitative estimate of drug-likeness (QED) is 0.665. The minimum absolute atomic E-state index is 0. The van der Waals surface area contributed by atoms with Gasteiger partial charge in [-0.1, -0.05) is 6.07 Å². The molecule has 22 heavy (non-hydrogen) atoms. The standard InChI is InChI=1S/C13H15N3O3S.2ClH/c17-16(18)12-4-3-10(19-12)13(11-2-1-9-20-11)15-7-5-14-6-8-15;;/h1-4,9,13-14H,5-8H2;2*1H/t13-;;/m1../s1. The first-order valence-electron chi connectivity index (χ1n) is 6.48. The number of furan rings is 1. The topological polar surface area (TPSA) is 71.6 Å². The molecule has 0 aliphatic carbocycles. The van der Waals surface area contributed by atoms with E-state index in [0.717, 1.165) is 31.1 Å². The molecule has 3 heterocycles. The Morgan fingerprint density at radius 1 is 1.27 bits per heavy atom. The summed E-state index contributed by atoms with van der Waals surface area (Å²) in [4.78, 5) is 13.7. The summed E-state index contributed by atoms with van der Waals surface area (Å²) in [6.07, 6.45) is 0. The maximum atomic E-state index is 10.8. The molecule has 2 aromatic rings. The van der Waals surface area contributed by atoms with E-state index in [4.69, 9.17) is 4.42 Å². The molecule has 2 aromatic heterocycles. The molecule has 0 spiro atoms. The van der Waals surface area contributed by atoms with Crippen LogP contribution in [0.1, 0.15) is 16.7 Å². The van der Waals surface area contributed by atoms with E-state index >= 15 is 0 Å². The van der Waals surface area contributed by atoms with Crippen LogP contribution in [-0.2, 0) is 0 Å². The van der Waals surface area contributed by atoms with E-state index in [1.165, 1.54) is 6.07 Å². The highest BCUT2D eigenvalue weighted by molar-refractivity contribution is 7.10. The second kappa shape index (κ2) is 8.50. The predicted octanol–water partition coefficient (Wildman–Crippen LogP) is 3.09. The van der Waals surface area contributed by atoms with E-state index in [-0.39, 0.29) is 36.7 Å². The lowest BCUT2D eigenvalue weighted by molar-refractivity contribution is -0.402. The molecule has 3 rings (SSSR count). The summed E-state index contributed by atoms with van der Waals surface area (Å²) in [5, 5.41) is 16.1. The number of nitro groups is 1. The molecule has 1 aliphatic heterocycles. The monoisotopic (exact) mass is 365 g/mol. The first kappa shape index (κ1) is 18.9. The van der Waals surface area contributed by atoms with Gasteiger partial charge in [-0.25, -0.2) is 0 Å². The smallest absolute Gasteiger partial charge is 0.404 e. The van der Waals surface area contributed by atoms with Crippen LogP contribution >= 0.6 is 36.2 Å². The Balaban J connectivity index is 0.00000121. The van der Waals surface area contributed by atoms with E-state index in [9.17, 15) is 10.1 Å². The molecule has 122 valence electrons. The molecule has 6 nitrogen and oxygen atoms in total. The SMILES string of the molecule is Cl.Cl.O=[N+]([O-])c1ccc([C@H](c2cccs2)N2CCNCC2)o1. The van der Waals surface area contributed by atoms with Crippen LogP contribution in [0.25, 0.3) is 0 Å². The minimum atomic E-state index is -0.493. The molecule has 1 saturated heterocycles. The van der Waals surface area contributed by atoms with Crippen molar-refractivity contribution < 1.29 is 9.34 Å². The Kier molecular flexibility index (Phi) is 7.31. The van der Waals surface area contributed by atoms with Gasteiger partial charge in [-0.15, -0.1) is 36.2 Å². The summed E-state index contributed by atoms with van der Waals surface area (Å²) in [6, 6.07) is 7.15. The zero-order chi connectivity index (χ0) is 13.9. The van der Waals surface area contributed by atoms with Crippen molar-refractivity contribution >= 4 is 42.0 Å². The van der Waals surface area contributed by atoms with Gasteiger partial charge in [0.2, 0.25) is 0 Å². The van der Waals surface area contributed by atoms with Gasteiger partial charge in [-0.2, -0.15) is 0 Å². The summed E-state index contributed by atoms with van der Waals surface area (Å²) >= 11 is 1.65. The third-order valence-electron chi connectivity index (χ3n) is 3.39. The molecule has 1 atom stereocenters. The fourth-order valence-electron chi connectivity index (χ4n) is 2.47. The van der Waals surface area contributed by atoms with Gasteiger partial charge in [0.15, 0.2) is 0 Å². The van der Waals surface area contributed by atoms with Crippen molar-refractivity contribution in [3.05, 3.63) is 50.4 Å². The van der Waals surface area contributed by atoms with Crippen molar-refractivity contribution in [2.75, 3.05) is 26.2 Å². The number of halogens is 2. The average Bonchev–Trinajstić information content (AvgIpc) is 3.12. The van der Waals surface area contributed by atoms with E-state index in [0.29, 0.717) is 5.76 Å². The third-order valence-corrected chi connectivity index (χ3v) is 4.32. The highest BCUT2D eigenvalue weighted by atomic mass is 35.5. The first-order chi connectivity index (χ1) is 9.75. The second-order valence-electron chi connectivity index (χ2n) is 4.64. The van der Waals surface area contributed by atoms with Gasteiger partial charge in [-0.05, 0) is 17.5 Å². The Hall–Kier alpha value is -1.12. The number of hydrogen-bond donors (Lipinski definition) is 1. The van der Waals surface area contributed by atoms with Gasteiger partial charge < -0.3 is 9.73 Å². The van der Waals surface area contributed by atoms with Gasteiger partial charge in [0.1, 0.15) is 16.7 Å². The largest absolute Gasteiger partial charge is 0.433 e. The number of nitrogens with one attached hydrogen (secondary N) is 1. The van der Waals surface area contributed by atoms with Gasteiger partial charge in [0.05, 0.1) is 6.07 Å². The maximum absolute atomic E-state index is 10.8. The summed E-state index contributed by atoms with van der Waals surface area (Å²) in [7, 11) is 0. The van der Waals surface area contributed by atoms with Crippen LogP contribution in [0.4, 0.5) is 5.88 Å². The number of thiophene rings is 1. The fraction of sp³-hybridized carbons (Fsp3) is 0.385. The van der Waals surface area contributed by atoms with Crippen LogP contribution in [0.15, 0.2) is 34.1 Å². The molecule has 0 unspecified atom stereocenters. The van der Waals surface area contributed by atoms with Crippen LogP contribution < -0.4 is 5.32 Å². The highest BCUT2D eigenvalue weighted by Crippen LogP contribution is 2.34. The number of nitrogens with zero attached hydrogens (tertiary/aromatic N) is 2. The van der Waals surface area contributed by atoms with E-state index in [1.54, 1.807) is 17.4 Å².